The molecule has 0 aromatic carbocycles. The van der Waals surface area contributed by atoms with Gasteiger partial charge < -0.3 is 10.5 Å². The highest BCUT2D eigenvalue weighted by Crippen LogP contribution is 2.10. The van der Waals surface area contributed by atoms with Gasteiger partial charge in [0.25, 0.3) is 0 Å². The van der Waals surface area contributed by atoms with E-state index in [0.29, 0.717) is 0 Å². The van der Waals surface area contributed by atoms with Crippen molar-refractivity contribution < 1.29 is 9.53 Å². The quantitative estimate of drug-likeness (QED) is 0.669. The monoisotopic (exact) mass is 188 g/mol. The van der Waals surface area contributed by atoms with Crippen LogP contribution in [-0.4, -0.2) is 29.8 Å². The second-order valence-electron chi connectivity index (χ2n) is 4.07. The summed E-state index contributed by atoms with van der Waals surface area (Å²) in [6.07, 6.45) is 0.0761. The van der Waals surface area contributed by atoms with Crippen LogP contribution in [-0.2, 0) is 4.74 Å². The van der Waals surface area contributed by atoms with E-state index in [1.165, 1.54) is 4.90 Å². The van der Waals surface area contributed by atoms with Crippen molar-refractivity contribution in [3.63, 3.8) is 0 Å². The van der Waals surface area contributed by atoms with Crippen LogP contribution in [0.4, 0.5) is 4.79 Å². The van der Waals surface area contributed by atoms with E-state index in [2.05, 4.69) is 0 Å². The van der Waals surface area contributed by atoms with Crippen LogP contribution in [0.3, 0.4) is 0 Å². The number of carbonyl (C=O) groups excluding carboxylic acids is 1. The average Bonchev–Trinajstić information content (AvgIpc) is 1.98. The normalized spacial score (nSPS) is 13.7. The standard InChI is InChI=1S/C9H20N2O2/c1-6-7(10)11(5)8(12)13-9(2,3)4/h7H,6,10H2,1-5H3. The summed E-state index contributed by atoms with van der Waals surface area (Å²) in [5.74, 6) is 0. The summed E-state index contributed by atoms with van der Waals surface area (Å²) in [6.45, 7) is 7.41. The highest BCUT2D eigenvalue weighted by Gasteiger charge is 2.21. The van der Waals surface area contributed by atoms with Crippen LogP contribution >= 0.6 is 0 Å². The lowest BCUT2D eigenvalue weighted by Gasteiger charge is -2.27. The summed E-state index contributed by atoms with van der Waals surface area (Å²) < 4.78 is 5.13. The second kappa shape index (κ2) is 4.46. The smallest absolute Gasteiger partial charge is 0.411 e. The third-order valence-corrected chi connectivity index (χ3v) is 1.60. The summed E-state index contributed by atoms with van der Waals surface area (Å²) in [5, 5.41) is 0. The molecule has 1 amide bonds. The van der Waals surface area contributed by atoms with Gasteiger partial charge in [-0.15, -0.1) is 0 Å². The van der Waals surface area contributed by atoms with E-state index in [4.69, 9.17) is 10.5 Å². The van der Waals surface area contributed by atoms with Crippen LogP contribution in [0.25, 0.3) is 0 Å². The van der Waals surface area contributed by atoms with Crippen molar-refractivity contribution >= 4 is 6.09 Å². The van der Waals surface area contributed by atoms with Crippen LogP contribution in [0.15, 0.2) is 0 Å². The van der Waals surface area contributed by atoms with Crippen LogP contribution in [0, 0.1) is 0 Å². The maximum atomic E-state index is 11.4. The van der Waals surface area contributed by atoms with Crippen LogP contribution in [0.2, 0.25) is 0 Å². The summed E-state index contributed by atoms with van der Waals surface area (Å²) in [6, 6.07) is 0. The molecular formula is C9H20N2O2. The highest BCUT2D eigenvalue weighted by molar-refractivity contribution is 5.68. The van der Waals surface area contributed by atoms with Crippen molar-refractivity contribution in [1.29, 1.82) is 0 Å². The minimum absolute atomic E-state index is 0.269. The fraction of sp³-hybridized carbons (Fsp3) is 0.889. The molecule has 0 spiro atoms. The summed E-state index contributed by atoms with van der Waals surface area (Å²) in [4.78, 5) is 12.8. The molecular weight excluding hydrogens is 168 g/mol. The van der Waals surface area contributed by atoms with E-state index in [-0.39, 0.29) is 12.3 Å². The highest BCUT2D eigenvalue weighted by atomic mass is 16.6. The molecule has 78 valence electrons. The van der Waals surface area contributed by atoms with E-state index in [9.17, 15) is 4.79 Å². The number of rotatable bonds is 2. The Balaban J connectivity index is 4.12. The predicted molar refractivity (Wildman–Crippen MR) is 52.3 cm³/mol. The van der Waals surface area contributed by atoms with Crippen molar-refractivity contribution in [2.24, 2.45) is 5.73 Å². The Kier molecular flexibility index (Phi) is 4.20. The molecule has 0 radical (unpaired) electrons. The SMILES string of the molecule is CCC(N)N(C)C(=O)OC(C)(C)C. The number of nitrogens with two attached hydrogens (primary N) is 1. The first-order valence-corrected chi connectivity index (χ1v) is 4.49. The Morgan fingerprint density at radius 2 is 2.00 bits per heavy atom. The van der Waals surface area contributed by atoms with Gasteiger partial charge in [-0.25, -0.2) is 4.79 Å². The van der Waals surface area contributed by atoms with Crippen molar-refractivity contribution in [3.05, 3.63) is 0 Å². The zero-order valence-corrected chi connectivity index (χ0v) is 9.13. The molecule has 0 fully saturated rings. The lowest BCUT2D eigenvalue weighted by molar-refractivity contribution is 0.0223. The van der Waals surface area contributed by atoms with Crippen LogP contribution in [0.5, 0.6) is 0 Å². The number of amides is 1. The largest absolute Gasteiger partial charge is 0.444 e. The fourth-order valence-electron chi connectivity index (χ4n) is 0.743. The number of hydrogen-bond donors (Lipinski definition) is 1. The van der Waals surface area contributed by atoms with Gasteiger partial charge in [-0.1, -0.05) is 6.92 Å². The average molecular weight is 188 g/mol. The molecule has 0 bridgehead atoms. The first-order valence-electron chi connectivity index (χ1n) is 4.49. The molecule has 0 saturated heterocycles. The zero-order valence-electron chi connectivity index (χ0n) is 9.13. The number of ether oxygens (including phenoxy) is 1. The number of hydrogen-bond acceptors (Lipinski definition) is 3. The van der Waals surface area contributed by atoms with Crippen LogP contribution in [0.1, 0.15) is 34.1 Å². The molecule has 0 aliphatic carbocycles. The molecule has 0 aromatic heterocycles. The third-order valence-electron chi connectivity index (χ3n) is 1.60. The Hall–Kier alpha value is -0.770. The number of nitrogens with zero attached hydrogens (tertiary/aromatic N) is 1. The molecule has 0 aromatic rings. The van der Waals surface area contributed by atoms with Crippen molar-refractivity contribution in [2.75, 3.05) is 7.05 Å². The third kappa shape index (κ3) is 4.72. The zero-order chi connectivity index (χ0) is 10.6. The maximum absolute atomic E-state index is 11.4. The molecule has 4 heteroatoms. The van der Waals surface area contributed by atoms with E-state index in [0.717, 1.165) is 6.42 Å². The summed E-state index contributed by atoms with van der Waals surface area (Å²) >= 11 is 0. The van der Waals surface area contributed by atoms with Gasteiger partial charge in [0.2, 0.25) is 0 Å². The summed E-state index contributed by atoms with van der Waals surface area (Å²) in [5.41, 5.74) is 5.20. The maximum Gasteiger partial charge on any atom is 0.411 e. The van der Waals surface area contributed by atoms with Gasteiger partial charge in [-0.05, 0) is 27.2 Å². The Morgan fingerprint density at radius 3 is 2.31 bits per heavy atom. The Labute approximate surface area is 80.0 Å². The Bertz CT molecular complexity index is 175. The molecule has 4 nitrogen and oxygen atoms in total. The molecule has 13 heavy (non-hydrogen) atoms. The molecule has 0 aliphatic heterocycles. The van der Waals surface area contributed by atoms with Crippen molar-refractivity contribution in [1.82, 2.24) is 4.90 Å². The predicted octanol–water partition coefficient (Wildman–Crippen LogP) is 1.55. The van der Waals surface area contributed by atoms with Gasteiger partial charge in [0.1, 0.15) is 5.60 Å². The van der Waals surface area contributed by atoms with Crippen LogP contribution < -0.4 is 5.73 Å². The van der Waals surface area contributed by atoms with E-state index < -0.39 is 5.60 Å². The van der Waals surface area contributed by atoms with Gasteiger partial charge in [-0.3, -0.25) is 4.90 Å². The first-order chi connectivity index (χ1) is 5.78. The molecule has 1 unspecified atom stereocenters. The van der Waals surface area contributed by atoms with Gasteiger partial charge in [0, 0.05) is 7.05 Å². The second-order valence-corrected chi connectivity index (χ2v) is 4.07. The van der Waals surface area contributed by atoms with Gasteiger partial charge in [-0.2, -0.15) is 0 Å². The van der Waals surface area contributed by atoms with Crippen molar-refractivity contribution in [3.8, 4) is 0 Å². The topological polar surface area (TPSA) is 55.6 Å². The molecule has 0 aliphatic rings. The van der Waals surface area contributed by atoms with Gasteiger partial charge in [0.05, 0.1) is 6.17 Å². The Morgan fingerprint density at radius 1 is 1.54 bits per heavy atom. The molecule has 0 rings (SSSR count). The van der Waals surface area contributed by atoms with E-state index >= 15 is 0 Å². The molecule has 0 saturated carbocycles. The molecule has 1 atom stereocenters. The number of carbonyl (C=O) groups is 1. The summed E-state index contributed by atoms with van der Waals surface area (Å²) in [7, 11) is 1.64. The van der Waals surface area contributed by atoms with Gasteiger partial charge >= 0.3 is 6.09 Å². The fourth-order valence-corrected chi connectivity index (χ4v) is 0.743. The molecule has 2 N–H and O–H groups in total. The van der Waals surface area contributed by atoms with E-state index in [1.807, 2.05) is 27.7 Å². The van der Waals surface area contributed by atoms with Crippen molar-refractivity contribution in [2.45, 2.75) is 45.9 Å². The lowest BCUT2D eigenvalue weighted by Crippen LogP contribution is -2.45. The first kappa shape index (κ1) is 12.2. The minimum atomic E-state index is -0.460. The van der Waals surface area contributed by atoms with E-state index in [1.54, 1.807) is 7.05 Å². The molecule has 0 heterocycles. The minimum Gasteiger partial charge on any atom is -0.444 e. The van der Waals surface area contributed by atoms with Gasteiger partial charge in [0.15, 0.2) is 0 Å². The lowest BCUT2D eigenvalue weighted by atomic mass is 10.2.